The lowest BCUT2D eigenvalue weighted by Gasteiger charge is -2.65. The van der Waals surface area contributed by atoms with Gasteiger partial charge in [0, 0.05) is 0 Å². The van der Waals surface area contributed by atoms with Gasteiger partial charge in [-0.1, -0.05) is 33.3 Å². The van der Waals surface area contributed by atoms with E-state index >= 15 is 0 Å². The Morgan fingerprint density at radius 1 is 0.905 bits per heavy atom. The second-order valence-corrected chi connectivity index (χ2v) is 9.46. The zero-order chi connectivity index (χ0) is 15.5. The van der Waals surface area contributed by atoms with Crippen molar-refractivity contribution in [2.45, 2.75) is 90.8 Å². The molecule has 1 heteroatoms. The first kappa shape index (κ1) is 15.6. The van der Waals surface area contributed by atoms with Crippen LogP contribution in [0.1, 0.15) is 79.6 Å². The normalized spacial score (nSPS) is 52.6. The van der Waals surface area contributed by atoms with Crippen LogP contribution in [0.3, 0.4) is 0 Å². The van der Waals surface area contributed by atoms with Crippen molar-refractivity contribution in [3.63, 3.8) is 0 Å². The summed E-state index contributed by atoms with van der Waals surface area (Å²) in [5, 5.41) is 0. The predicted molar refractivity (Wildman–Crippen MR) is 89.3 cm³/mol. The fraction of sp³-hybridized carbons (Fsp3) is 0.900. The molecule has 0 spiro atoms. The Kier molecular flexibility index (Phi) is 3.41. The molecule has 2 aliphatic carbocycles. The molecule has 0 unspecified atom stereocenters. The molecule has 1 aliphatic heterocycles. The number of hydrogen-bond acceptors (Lipinski definition) is 1. The third-order valence-corrected chi connectivity index (χ3v) is 7.57. The Morgan fingerprint density at radius 3 is 2.24 bits per heavy atom. The fourth-order valence-corrected chi connectivity index (χ4v) is 6.52. The second kappa shape index (κ2) is 4.60. The highest BCUT2D eigenvalue weighted by Crippen LogP contribution is 2.65. The summed E-state index contributed by atoms with van der Waals surface area (Å²) in [5.41, 5.74) is 0.920. The van der Waals surface area contributed by atoms with Crippen molar-refractivity contribution in [2.75, 3.05) is 0 Å². The van der Waals surface area contributed by atoms with Crippen LogP contribution in [-0.2, 0) is 4.74 Å². The van der Waals surface area contributed by atoms with Gasteiger partial charge < -0.3 is 4.74 Å². The zero-order valence-electron chi connectivity index (χ0n) is 14.8. The van der Waals surface area contributed by atoms with Crippen LogP contribution < -0.4 is 0 Å². The average molecular weight is 290 g/mol. The van der Waals surface area contributed by atoms with Crippen LogP contribution >= 0.6 is 0 Å². The molecular formula is C20H34O. The van der Waals surface area contributed by atoms with Gasteiger partial charge in [-0.2, -0.15) is 0 Å². The number of hydrogen-bond donors (Lipinski definition) is 0. The van der Waals surface area contributed by atoms with Crippen LogP contribution in [0, 0.1) is 22.7 Å². The van der Waals surface area contributed by atoms with E-state index in [1.165, 1.54) is 38.5 Å². The minimum absolute atomic E-state index is 0.0554. The SMILES string of the molecule is C=C[C@]1(C)CC[C@H]2[C@@]3(C)CCCC(C)(C)[C@@H]3CC[C@]2(C)O1. The van der Waals surface area contributed by atoms with E-state index in [0.29, 0.717) is 10.8 Å². The van der Waals surface area contributed by atoms with Gasteiger partial charge in [0.2, 0.25) is 0 Å². The van der Waals surface area contributed by atoms with Gasteiger partial charge in [0.1, 0.15) is 0 Å². The van der Waals surface area contributed by atoms with Crippen molar-refractivity contribution >= 4 is 0 Å². The summed E-state index contributed by atoms with van der Waals surface area (Å²) in [5.74, 6) is 1.59. The molecule has 0 aromatic rings. The van der Waals surface area contributed by atoms with E-state index in [1.54, 1.807) is 0 Å². The maximum atomic E-state index is 6.68. The van der Waals surface area contributed by atoms with Crippen LogP contribution in [-0.4, -0.2) is 11.2 Å². The number of ether oxygens (including phenoxy) is 1. The van der Waals surface area contributed by atoms with Crippen molar-refractivity contribution in [1.29, 1.82) is 0 Å². The lowest BCUT2D eigenvalue weighted by Crippen LogP contribution is -2.62. The minimum Gasteiger partial charge on any atom is -0.365 e. The van der Waals surface area contributed by atoms with E-state index in [4.69, 9.17) is 4.74 Å². The van der Waals surface area contributed by atoms with Crippen LogP contribution in [0.4, 0.5) is 0 Å². The van der Waals surface area contributed by atoms with Crippen LogP contribution in [0.25, 0.3) is 0 Å². The number of rotatable bonds is 1. The molecule has 0 aromatic carbocycles. The highest BCUT2D eigenvalue weighted by molar-refractivity contribution is 5.12. The first-order valence-corrected chi connectivity index (χ1v) is 8.99. The summed E-state index contributed by atoms with van der Waals surface area (Å²) in [4.78, 5) is 0. The van der Waals surface area contributed by atoms with Crippen molar-refractivity contribution < 1.29 is 4.74 Å². The average Bonchev–Trinajstić information content (AvgIpc) is 2.36. The molecule has 3 fully saturated rings. The zero-order valence-corrected chi connectivity index (χ0v) is 14.8. The van der Waals surface area contributed by atoms with Gasteiger partial charge in [-0.15, -0.1) is 6.58 Å². The largest absolute Gasteiger partial charge is 0.365 e. The summed E-state index contributed by atoms with van der Waals surface area (Å²) in [6, 6.07) is 0. The predicted octanol–water partition coefficient (Wildman–Crippen LogP) is 5.74. The van der Waals surface area contributed by atoms with Gasteiger partial charge in [0.25, 0.3) is 0 Å². The third-order valence-electron chi connectivity index (χ3n) is 7.57. The quantitative estimate of drug-likeness (QED) is 0.559. The maximum Gasteiger partial charge on any atom is 0.0839 e. The number of fused-ring (bicyclic) bond motifs is 3. The molecule has 5 atom stereocenters. The molecule has 3 rings (SSSR count). The van der Waals surface area contributed by atoms with E-state index in [1.807, 2.05) is 6.08 Å². The Bertz CT molecular complexity index is 439. The third kappa shape index (κ3) is 2.22. The van der Waals surface area contributed by atoms with Crippen molar-refractivity contribution in [3.8, 4) is 0 Å². The topological polar surface area (TPSA) is 9.23 Å². The highest BCUT2D eigenvalue weighted by Gasteiger charge is 2.61. The van der Waals surface area contributed by atoms with E-state index < -0.39 is 0 Å². The fourth-order valence-electron chi connectivity index (χ4n) is 6.52. The van der Waals surface area contributed by atoms with Crippen molar-refractivity contribution in [2.24, 2.45) is 22.7 Å². The van der Waals surface area contributed by atoms with Gasteiger partial charge in [-0.3, -0.25) is 0 Å². The van der Waals surface area contributed by atoms with E-state index in [0.717, 1.165) is 18.3 Å². The van der Waals surface area contributed by atoms with Gasteiger partial charge in [0.15, 0.2) is 0 Å². The monoisotopic (exact) mass is 290 g/mol. The molecule has 120 valence electrons. The van der Waals surface area contributed by atoms with Crippen LogP contribution in [0.15, 0.2) is 12.7 Å². The van der Waals surface area contributed by atoms with Gasteiger partial charge in [-0.05, 0) is 75.0 Å². The van der Waals surface area contributed by atoms with E-state index in [9.17, 15) is 0 Å². The molecule has 1 heterocycles. The van der Waals surface area contributed by atoms with Crippen LogP contribution in [0.5, 0.6) is 0 Å². The van der Waals surface area contributed by atoms with E-state index in [-0.39, 0.29) is 11.2 Å². The molecule has 0 bridgehead atoms. The molecular weight excluding hydrogens is 256 g/mol. The minimum atomic E-state index is -0.112. The molecule has 1 nitrogen and oxygen atoms in total. The molecule has 1 saturated heterocycles. The maximum absolute atomic E-state index is 6.68. The smallest absolute Gasteiger partial charge is 0.0839 e. The first-order valence-electron chi connectivity index (χ1n) is 8.99. The Morgan fingerprint density at radius 2 is 1.57 bits per heavy atom. The standard InChI is InChI=1S/C20H34O/c1-7-18(4)13-9-16-19(5)12-8-11-17(2,3)15(19)10-14-20(16,6)21-18/h7,15-16H,1,8-14H2,2-6H3/t15-,16-,18+,19-,20-/m0/s1. The summed E-state index contributed by atoms with van der Waals surface area (Å²) >= 11 is 0. The Balaban J connectivity index is 1.94. The van der Waals surface area contributed by atoms with Gasteiger partial charge >= 0.3 is 0 Å². The molecule has 0 radical (unpaired) electrons. The molecule has 0 amide bonds. The highest BCUT2D eigenvalue weighted by atomic mass is 16.5. The summed E-state index contributed by atoms with van der Waals surface area (Å²) in [7, 11) is 0. The summed E-state index contributed by atoms with van der Waals surface area (Å²) in [6.07, 6.45) is 11.2. The first-order chi connectivity index (χ1) is 9.65. The molecule has 0 aromatic heterocycles. The molecule has 3 aliphatic rings. The lowest BCUT2D eigenvalue weighted by atomic mass is 9.44. The molecule has 0 N–H and O–H groups in total. The lowest BCUT2D eigenvalue weighted by molar-refractivity contribution is -0.252. The second-order valence-electron chi connectivity index (χ2n) is 9.46. The Labute approximate surface area is 131 Å². The van der Waals surface area contributed by atoms with Gasteiger partial charge in [-0.25, -0.2) is 0 Å². The van der Waals surface area contributed by atoms with Gasteiger partial charge in [0.05, 0.1) is 11.2 Å². The summed E-state index contributed by atoms with van der Waals surface area (Å²) in [6.45, 7) is 16.2. The van der Waals surface area contributed by atoms with E-state index in [2.05, 4.69) is 41.2 Å². The van der Waals surface area contributed by atoms with Crippen molar-refractivity contribution in [3.05, 3.63) is 12.7 Å². The summed E-state index contributed by atoms with van der Waals surface area (Å²) < 4.78 is 6.68. The molecule has 21 heavy (non-hydrogen) atoms. The van der Waals surface area contributed by atoms with Crippen LogP contribution in [0.2, 0.25) is 0 Å². The molecule has 2 saturated carbocycles. The van der Waals surface area contributed by atoms with Crippen molar-refractivity contribution in [1.82, 2.24) is 0 Å². The Hall–Kier alpha value is -0.300.